The van der Waals surface area contributed by atoms with Crippen molar-refractivity contribution in [3.8, 4) is 5.75 Å². The van der Waals surface area contributed by atoms with E-state index < -0.39 is 0 Å². The van der Waals surface area contributed by atoms with Crippen LogP contribution in [0.2, 0.25) is 0 Å². The SMILES string of the molecule is COc1cccnc1SCCCl. The maximum absolute atomic E-state index is 5.56. The molecule has 0 amide bonds. The normalized spacial score (nSPS) is 9.83. The number of halogens is 1. The van der Waals surface area contributed by atoms with Crippen LogP contribution in [0.3, 0.4) is 0 Å². The van der Waals surface area contributed by atoms with Gasteiger partial charge in [-0.1, -0.05) is 0 Å². The number of nitrogens with zero attached hydrogens (tertiary/aromatic N) is 1. The molecular weight excluding hydrogens is 194 g/mol. The second-order valence-corrected chi connectivity index (χ2v) is 3.51. The summed E-state index contributed by atoms with van der Waals surface area (Å²) in [6.45, 7) is 0. The Morgan fingerprint density at radius 3 is 3.17 bits per heavy atom. The summed E-state index contributed by atoms with van der Waals surface area (Å²) in [6.07, 6.45) is 1.75. The van der Waals surface area contributed by atoms with E-state index in [9.17, 15) is 0 Å². The predicted molar refractivity (Wildman–Crippen MR) is 52.2 cm³/mol. The summed E-state index contributed by atoms with van der Waals surface area (Å²) in [5.41, 5.74) is 0. The fourth-order valence-corrected chi connectivity index (χ4v) is 1.71. The van der Waals surface area contributed by atoms with E-state index in [0.29, 0.717) is 5.88 Å². The highest BCUT2D eigenvalue weighted by Gasteiger charge is 2.01. The molecule has 1 aromatic heterocycles. The zero-order chi connectivity index (χ0) is 8.81. The van der Waals surface area contributed by atoms with Crippen LogP contribution in [-0.2, 0) is 0 Å². The third-order valence-corrected chi connectivity index (χ3v) is 2.67. The van der Waals surface area contributed by atoms with Gasteiger partial charge in [0.2, 0.25) is 0 Å². The van der Waals surface area contributed by atoms with Gasteiger partial charge in [0, 0.05) is 17.8 Å². The maximum Gasteiger partial charge on any atom is 0.151 e. The van der Waals surface area contributed by atoms with Gasteiger partial charge in [0.1, 0.15) is 5.03 Å². The Morgan fingerprint density at radius 2 is 2.50 bits per heavy atom. The molecule has 0 N–H and O–H groups in total. The van der Waals surface area contributed by atoms with Crippen LogP contribution >= 0.6 is 23.4 Å². The highest BCUT2D eigenvalue weighted by atomic mass is 35.5. The summed E-state index contributed by atoms with van der Waals surface area (Å²) in [5.74, 6) is 2.30. The van der Waals surface area contributed by atoms with Gasteiger partial charge in [0.25, 0.3) is 0 Å². The summed E-state index contributed by atoms with van der Waals surface area (Å²) < 4.78 is 5.12. The first kappa shape index (κ1) is 9.68. The van der Waals surface area contributed by atoms with Crippen molar-refractivity contribution in [2.75, 3.05) is 18.7 Å². The van der Waals surface area contributed by atoms with Crippen molar-refractivity contribution in [2.45, 2.75) is 5.03 Å². The number of rotatable bonds is 4. The van der Waals surface area contributed by atoms with E-state index in [0.717, 1.165) is 16.5 Å². The molecule has 0 aliphatic carbocycles. The minimum atomic E-state index is 0.629. The van der Waals surface area contributed by atoms with Gasteiger partial charge < -0.3 is 4.74 Å². The van der Waals surface area contributed by atoms with E-state index in [-0.39, 0.29) is 0 Å². The van der Waals surface area contributed by atoms with Crippen molar-refractivity contribution < 1.29 is 4.74 Å². The molecule has 0 atom stereocenters. The van der Waals surface area contributed by atoms with Gasteiger partial charge in [-0.15, -0.1) is 23.4 Å². The van der Waals surface area contributed by atoms with E-state index in [2.05, 4.69) is 4.98 Å². The molecule has 0 saturated carbocycles. The molecule has 1 heterocycles. The van der Waals surface area contributed by atoms with Crippen molar-refractivity contribution in [1.82, 2.24) is 4.98 Å². The van der Waals surface area contributed by atoms with E-state index in [1.54, 1.807) is 25.1 Å². The Balaban J connectivity index is 2.68. The largest absolute Gasteiger partial charge is 0.494 e. The first-order valence-corrected chi connectivity index (χ1v) is 5.08. The van der Waals surface area contributed by atoms with Gasteiger partial charge in [-0.05, 0) is 12.1 Å². The molecular formula is C8H10ClNOS. The number of pyridine rings is 1. The lowest BCUT2D eigenvalue weighted by Gasteiger charge is -2.04. The Kier molecular flexibility index (Phi) is 4.25. The smallest absolute Gasteiger partial charge is 0.151 e. The lowest BCUT2D eigenvalue weighted by Crippen LogP contribution is -1.89. The van der Waals surface area contributed by atoms with E-state index in [4.69, 9.17) is 16.3 Å². The van der Waals surface area contributed by atoms with E-state index >= 15 is 0 Å². The molecule has 0 fully saturated rings. The minimum absolute atomic E-state index is 0.629. The van der Waals surface area contributed by atoms with E-state index in [1.807, 2.05) is 12.1 Å². The van der Waals surface area contributed by atoms with Crippen molar-refractivity contribution in [1.29, 1.82) is 0 Å². The number of hydrogen-bond donors (Lipinski definition) is 0. The van der Waals surface area contributed by atoms with Crippen molar-refractivity contribution in [2.24, 2.45) is 0 Å². The number of ether oxygens (including phenoxy) is 1. The predicted octanol–water partition coefficient (Wildman–Crippen LogP) is 2.42. The molecule has 0 aliphatic rings. The maximum atomic E-state index is 5.56. The molecule has 12 heavy (non-hydrogen) atoms. The van der Waals surface area contributed by atoms with Crippen LogP contribution < -0.4 is 4.74 Å². The molecule has 66 valence electrons. The Hall–Kier alpha value is -0.410. The van der Waals surface area contributed by atoms with Crippen molar-refractivity contribution in [3.63, 3.8) is 0 Å². The molecule has 1 aromatic rings. The third-order valence-electron chi connectivity index (χ3n) is 1.27. The Bertz CT molecular complexity index is 244. The summed E-state index contributed by atoms with van der Waals surface area (Å²) in [4.78, 5) is 4.17. The third kappa shape index (κ3) is 2.57. The van der Waals surface area contributed by atoms with Gasteiger partial charge in [0.15, 0.2) is 5.75 Å². The number of aromatic nitrogens is 1. The standard InChI is InChI=1S/C8H10ClNOS/c1-11-7-3-2-5-10-8(7)12-6-4-9/h2-3,5H,4,6H2,1H3. The molecule has 0 saturated heterocycles. The molecule has 4 heteroatoms. The summed E-state index contributed by atoms with van der Waals surface area (Å²) in [6, 6.07) is 3.74. The highest BCUT2D eigenvalue weighted by Crippen LogP contribution is 2.25. The zero-order valence-electron chi connectivity index (χ0n) is 6.79. The number of hydrogen-bond acceptors (Lipinski definition) is 3. The van der Waals surface area contributed by atoms with Gasteiger partial charge in [0.05, 0.1) is 7.11 Å². The molecule has 0 radical (unpaired) electrons. The fraction of sp³-hybridized carbons (Fsp3) is 0.375. The molecule has 0 bridgehead atoms. The average Bonchev–Trinajstić information content (AvgIpc) is 2.15. The van der Waals surface area contributed by atoms with Gasteiger partial charge in [-0.25, -0.2) is 4.98 Å². The molecule has 2 nitrogen and oxygen atoms in total. The fourth-order valence-electron chi connectivity index (χ4n) is 0.775. The van der Waals surface area contributed by atoms with Crippen molar-refractivity contribution in [3.05, 3.63) is 18.3 Å². The first-order chi connectivity index (χ1) is 5.88. The van der Waals surface area contributed by atoms with Gasteiger partial charge in [-0.2, -0.15) is 0 Å². The monoisotopic (exact) mass is 203 g/mol. The topological polar surface area (TPSA) is 22.1 Å². The van der Waals surface area contributed by atoms with E-state index in [1.165, 1.54) is 0 Å². The number of alkyl halides is 1. The van der Waals surface area contributed by atoms with Crippen LogP contribution in [0.1, 0.15) is 0 Å². The highest BCUT2D eigenvalue weighted by molar-refractivity contribution is 7.99. The number of thioether (sulfide) groups is 1. The Labute approximate surface area is 81.3 Å². The van der Waals surface area contributed by atoms with Crippen LogP contribution in [0.15, 0.2) is 23.4 Å². The second kappa shape index (κ2) is 5.27. The Morgan fingerprint density at radius 1 is 1.67 bits per heavy atom. The van der Waals surface area contributed by atoms with Gasteiger partial charge >= 0.3 is 0 Å². The second-order valence-electron chi connectivity index (χ2n) is 2.05. The molecule has 0 aliphatic heterocycles. The van der Waals surface area contributed by atoms with Crippen LogP contribution in [0, 0.1) is 0 Å². The van der Waals surface area contributed by atoms with Crippen LogP contribution in [0.5, 0.6) is 5.75 Å². The molecule has 0 aromatic carbocycles. The quantitative estimate of drug-likeness (QED) is 0.554. The van der Waals surface area contributed by atoms with Crippen LogP contribution in [-0.4, -0.2) is 23.7 Å². The lowest BCUT2D eigenvalue weighted by molar-refractivity contribution is 0.401. The molecule has 1 rings (SSSR count). The van der Waals surface area contributed by atoms with Crippen LogP contribution in [0.4, 0.5) is 0 Å². The summed E-state index contributed by atoms with van der Waals surface area (Å²) >= 11 is 7.16. The number of methoxy groups -OCH3 is 1. The van der Waals surface area contributed by atoms with Crippen LogP contribution in [0.25, 0.3) is 0 Å². The van der Waals surface area contributed by atoms with Crippen molar-refractivity contribution >= 4 is 23.4 Å². The minimum Gasteiger partial charge on any atom is -0.494 e. The molecule has 0 unspecified atom stereocenters. The van der Waals surface area contributed by atoms with Gasteiger partial charge in [-0.3, -0.25) is 0 Å². The average molecular weight is 204 g/mol. The lowest BCUT2D eigenvalue weighted by atomic mass is 10.5. The zero-order valence-corrected chi connectivity index (χ0v) is 8.36. The first-order valence-electron chi connectivity index (χ1n) is 3.56. The molecule has 0 spiro atoms. The summed E-state index contributed by atoms with van der Waals surface area (Å²) in [5, 5.41) is 0.903. The summed E-state index contributed by atoms with van der Waals surface area (Å²) in [7, 11) is 1.64.